The van der Waals surface area contributed by atoms with Crippen LogP contribution in [0.25, 0.3) is 0 Å². The van der Waals surface area contributed by atoms with Crippen molar-refractivity contribution in [3.8, 4) is 11.5 Å². The van der Waals surface area contributed by atoms with Crippen molar-refractivity contribution < 1.29 is 28.4 Å². The van der Waals surface area contributed by atoms with Gasteiger partial charge in [0.15, 0.2) is 6.61 Å². The smallest absolute Gasteiger partial charge is 0.433 e. The number of benzene rings is 2. The van der Waals surface area contributed by atoms with Crippen molar-refractivity contribution >= 4 is 24.0 Å². The topological polar surface area (TPSA) is 133 Å². The Bertz CT molecular complexity index is 1160. The van der Waals surface area contributed by atoms with Gasteiger partial charge in [-0.25, -0.2) is 10.2 Å². The Hall–Kier alpha value is -4.47. The number of nitrogens with one attached hydrogen (secondary N) is 1. The van der Waals surface area contributed by atoms with E-state index in [1.165, 1.54) is 18.3 Å². The second-order valence-electron chi connectivity index (χ2n) is 6.66. The number of esters is 1. The van der Waals surface area contributed by atoms with Crippen molar-refractivity contribution in [1.29, 1.82) is 0 Å². The maximum atomic E-state index is 12.1. The van der Waals surface area contributed by atoms with Gasteiger partial charge in [0.1, 0.15) is 16.4 Å². The minimum atomic E-state index is -0.885. The van der Waals surface area contributed by atoms with Crippen LogP contribution in [0.5, 0.6) is 11.5 Å². The van der Waals surface area contributed by atoms with Crippen molar-refractivity contribution in [2.24, 2.45) is 5.10 Å². The number of amides is 1. The molecule has 3 rings (SSSR count). The quantitative estimate of drug-likeness (QED) is 0.187. The van der Waals surface area contributed by atoms with Gasteiger partial charge in [0.25, 0.3) is 5.91 Å². The fourth-order valence-corrected chi connectivity index (χ4v) is 2.73. The Kier molecular flexibility index (Phi) is 6.96. The largest absolute Gasteiger partial charge is 0.483 e. The molecule has 1 N–H and O–H groups in total. The highest BCUT2D eigenvalue weighted by atomic mass is 16.7. The van der Waals surface area contributed by atoms with Gasteiger partial charge in [-0.1, -0.05) is 30.3 Å². The summed E-state index contributed by atoms with van der Waals surface area (Å²) in [6, 6.07) is 14.2. The Balaban J connectivity index is 1.54. The first kappa shape index (κ1) is 22.2. The number of carbonyl (C=O) groups is 2. The summed E-state index contributed by atoms with van der Waals surface area (Å²) in [5.74, 6) is -1.36. The van der Waals surface area contributed by atoms with Crippen molar-refractivity contribution in [3.05, 3.63) is 87.2 Å². The van der Waals surface area contributed by atoms with Crippen LogP contribution in [0.3, 0.4) is 0 Å². The molecule has 0 aliphatic carbocycles. The zero-order valence-corrected chi connectivity index (χ0v) is 17.2. The monoisotopic (exact) mass is 437 g/mol. The third-order valence-corrected chi connectivity index (χ3v) is 4.20. The summed E-state index contributed by atoms with van der Waals surface area (Å²) in [4.78, 5) is 33.9. The van der Waals surface area contributed by atoms with Crippen LogP contribution >= 0.6 is 0 Å². The van der Waals surface area contributed by atoms with Crippen LogP contribution in [0.1, 0.15) is 27.2 Å². The first-order valence-electron chi connectivity index (χ1n) is 9.41. The number of nitrogens with zero attached hydrogens (tertiary/aromatic N) is 2. The maximum Gasteiger partial charge on any atom is 0.433 e. The van der Waals surface area contributed by atoms with E-state index in [0.29, 0.717) is 11.3 Å². The van der Waals surface area contributed by atoms with Gasteiger partial charge in [-0.05, 0) is 48.7 Å². The van der Waals surface area contributed by atoms with Gasteiger partial charge in [0, 0.05) is 0 Å². The molecule has 0 fully saturated rings. The minimum absolute atomic E-state index is 0.169. The van der Waals surface area contributed by atoms with Crippen LogP contribution in [0.4, 0.5) is 5.88 Å². The van der Waals surface area contributed by atoms with E-state index < -0.39 is 22.7 Å². The van der Waals surface area contributed by atoms with E-state index in [2.05, 4.69) is 10.5 Å². The van der Waals surface area contributed by atoms with Crippen LogP contribution in [-0.2, 0) is 4.79 Å². The number of carbonyl (C=O) groups excluding carboxylic acids is 2. The highest BCUT2D eigenvalue weighted by Crippen LogP contribution is 2.22. The van der Waals surface area contributed by atoms with Gasteiger partial charge in [0.2, 0.25) is 5.76 Å². The van der Waals surface area contributed by atoms with Gasteiger partial charge in [0.05, 0.1) is 12.3 Å². The number of rotatable bonds is 8. The normalized spacial score (nSPS) is 10.7. The molecule has 1 aromatic heterocycles. The zero-order valence-electron chi connectivity index (χ0n) is 17.2. The van der Waals surface area contributed by atoms with Gasteiger partial charge >= 0.3 is 11.9 Å². The first-order chi connectivity index (χ1) is 15.3. The van der Waals surface area contributed by atoms with Crippen molar-refractivity contribution in [3.63, 3.8) is 0 Å². The van der Waals surface area contributed by atoms with Crippen molar-refractivity contribution in [1.82, 2.24) is 5.43 Å². The third kappa shape index (κ3) is 5.79. The average molecular weight is 437 g/mol. The molecule has 164 valence electrons. The highest BCUT2D eigenvalue weighted by molar-refractivity contribution is 5.89. The van der Waals surface area contributed by atoms with E-state index >= 15 is 0 Å². The number of ether oxygens (including phenoxy) is 2. The lowest BCUT2D eigenvalue weighted by molar-refractivity contribution is -0.402. The van der Waals surface area contributed by atoms with Gasteiger partial charge in [-0.15, -0.1) is 0 Å². The fourth-order valence-electron chi connectivity index (χ4n) is 2.73. The molecular weight excluding hydrogens is 418 g/mol. The molecule has 0 unspecified atom stereocenters. The predicted octanol–water partition coefficient (Wildman–Crippen LogP) is 3.55. The minimum Gasteiger partial charge on any atom is -0.483 e. The zero-order chi connectivity index (χ0) is 23.1. The molecule has 0 radical (unpaired) electrons. The van der Waals surface area contributed by atoms with E-state index in [1.54, 1.807) is 12.1 Å². The van der Waals surface area contributed by atoms with E-state index in [1.807, 2.05) is 32.0 Å². The molecule has 1 amide bonds. The molecule has 1 heterocycles. The standard InChI is InChI=1S/C22H19N3O7/c1-14-5-3-6-15(2)21(14)30-13-19(26)24-23-12-16-7-4-8-17(11-16)31-22(27)18-9-10-20(32-18)25(28)29/h3-12H,13H2,1-2H3,(H,24,26)/b23-12-. The number of aryl methyl sites for hydroxylation is 2. The Labute approximate surface area is 182 Å². The molecule has 3 aromatic rings. The van der Waals surface area contributed by atoms with Crippen LogP contribution in [-0.4, -0.2) is 29.6 Å². The predicted molar refractivity (Wildman–Crippen MR) is 114 cm³/mol. The Morgan fingerprint density at radius 2 is 1.84 bits per heavy atom. The summed E-state index contributed by atoms with van der Waals surface area (Å²) >= 11 is 0. The highest BCUT2D eigenvalue weighted by Gasteiger charge is 2.19. The molecule has 0 aliphatic heterocycles. The van der Waals surface area contributed by atoms with Gasteiger partial charge in [-0.3, -0.25) is 14.9 Å². The molecule has 0 bridgehead atoms. The first-order valence-corrected chi connectivity index (χ1v) is 9.41. The average Bonchev–Trinajstić information content (AvgIpc) is 3.25. The van der Waals surface area contributed by atoms with E-state index in [0.717, 1.165) is 23.3 Å². The molecule has 32 heavy (non-hydrogen) atoms. The lowest BCUT2D eigenvalue weighted by Crippen LogP contribution is -2.25. The summed E-state index contributed by atoms with van der Waals surface area (Å²) in [6.07, 6.45) is 1.37. The molecule has 0 saturated heterocycles. The lowest BCUT2D eigenvalue weighted by Gasteiger charge is -2.10. The summed E-state index contributed by atoms with van der Waals surface area (Å²) < 4.78 is 15.5. The number of nitro groups is 1. The summed E-state index contributed by atoms with van der Waals surface area (Å²) in [5, 5.41) is 14.5. The van der Waals surface area contributed by atoms with E-state index in [9.17, 15) is 19.7 Å². The van der Waals surface area contributed by atoms with E-state index in [4.69, 9.17) is 13.9 Å². The second-order valence-corrected chi connectivity index (χ2v) is 6.66. The van der Waals surface area contributed by atoms with Crippen LogP contribution in [0, 0.1) is 24.0 Å². The SMILES string of the molecule is Cc1cccc(C)c1OCC(=O)N/N=C\c1cccc(OC(=O)c2ccc([N+](=O)[O-])o2)c1. The van der Waals surface area contributed by atoms with Crippen LogP contribution in [0.15, 0.2) is 64.1 Å². The fraction of sp³-hybridized carbons (Fsp3) is 0.136. The summed E-state index contributed by atoms with van der Waals surface area (Å²) in [5.41, 5.74) is 4.75. The third-order valence-electron chi connectivity index (χ3n) is 4.20. The molecular formula is C22H19N3O7. The maximum absolute atomic E-state index is 12.1. The van der Waals surface area contributed by atoms with Gasteiger partial charge in [-0.2, -0.15) is 5.10 Å². The molecule has 0 saturated carbocycles. The number of hydrogen-bond acceptors (Lipinski definition) is 8. The number of hydrogen-bond donors (Lipinski definition) is 1. The van der Waals surface area contributed by atoms with E-state index in [-0.39, 0.29) is 18.1 Å². The molecule has 0 aliphatic rings. The molecule has 0 atom stereocenters. The van der Waals surface area contributed by atoms with Gasteiger partial charge < -0.3 is 13.9 Å². The van der Waals surface area contributed by atoms with Crippen LogP contribution < -0.4 is 14.9 Å². The van der Waals surface area contributed by atoms with Crippen LogP contribution in [0.2, 0.25) is 0 Å². The Morgan fingerprint density at radius 1 is 1.12 bits per heavy atom. The molecule has 10 heteroatoms. The molecule has 10 nitrogen and oxygen atoms in total. The number of furan rings is 1. The summed E-state index contributed by atoms with van der Waals surface area (Å²) in [6.45, 7) is 3.59. The number of para-hydroxylation sites is 1. The lowest BCUT2D eigenvalue weighted by atomic mass is 10.1. The molecule has 0 spiro atoms. The Morgan fingerprint density at radius 3 is 2.53 bits per heavy atom. The second kappa shape index (κ2) is 10.0. The van der Waals surface area contributed by atoms with Crippen molar-refractivity contribution in [2.75, 3.05) is 6.61 Å². The summed E-state index contributed by atoms with van der Waals surface area (Å²) in [7, 11) is 0. The molecule has 2 aromatic carbocycles. The van der Waals surface area contributed by atoms with Crippen molar-refractivity contribution in [2.45, 2.75) is 13.8 Å². The number of hydrazone groups is 1.